The first-order valence-corrected chi connectivity index (χ1v) is 10.0. The van der Waals surface area contributed by atoms with Crippen molar-refractivity contribution in [3.05, 3.63) is 40.7 Å². The number of H-pyrrole nitrogens is 1. The number of aryl methyl sites for hydroxylation is 1. The Kier molecular flexibility index (Phi) is 8.02. The van der Waals surface area contributed by atoms with E-state index in [-0.39, 0.29) is 5.56 Å². The number of nitrogens with zero attached hydrogens (tertiary/aromatic N) is 1. The Morgan fingerprint density at radius 3 is 2.46 bits per heavy atom. The number of para-hydroxylation sites is 1. The molecular formula is C19H29N3OS. The van der Waals surface area contributed by atoms with E-state index in [4.69, 9.17) is 0 Å². The van der Waals surface area contributed by atoms with Gasteiger partial charge in [-0.05, 0) is 30.7 Å². The van der Waals surface area contributed by atoms with Gasteiger partial charge in [-0.15, -0.1) is 11.8 Å². The molecule has 0 aliphatic rings. The molecule has 0 fully saturated rings. The first kappa shape index (κ1) is 18.7. The first-order valence-electron chi connectivity index (χ1n) is 9.04. The number of hydrogen-bond donors (Lipinski definition) is 2. The topological polar surface area (TPSA) is 49.8 Å². The number of nitrogens with one attached hydrogen (secondary N) is 2. The summed E-state index contributed by atoms with van der Waals surface area (Å²) >= 11 is 1.67. The standard InChI is InChI=1S/C19H29N3OS/c1-3-5-10-14-22-19(23)17(24-15-11-6-4-2)18(21-22)20-16-12-8-7-9-13-16/h7-9,12-13,20-21H,3-6,10-11,14-15H2,1-2H3. The normalized spacial score (nSPS) is 10.9. The number of rotatable bonds is 11. The predicted octanol–water partition coefficient (Wildman–Crippen LogP) is 5.39. The van der Waals surface area contributed by atoms with Crippen LogP contribution in [0.4, 0.5) is 11.5 Å². The van der Waals surface area contributed by atoms with Crippen LogP contribution in [-0.2, 0) is 6.54 Å². The Bertz CT molecular complexity index is 648. The van der Waals surface area contributed by atoms with Crippen molar-refractivity contribution in [2.75, 3.05) is 11.1 Å². The molecular weight excluding hydrogens is 318 g/mol. The molecule has 0 amide bonds. The molecule has 0 aliphatic carbocycles. The van der Waals surface area contributed by atoms with Gasteiger partial charge >= 0.3 is 0 Å². The molecule has 0 atom stereocenters. The van der Waals surface area contributed by atoms with Gasteiger partial charge in [-0.25, -0.2) is 0 Å². The van der Waals surface area contributed by atoms with Crippen LogP contribution in [0.15, 0.2) is 40.0 Å². The van der Waals surface area contributed by atoms with E-state index in [0.717, 1.165) is 54.4 Å². The highest BCUT2D eigenvalue weighted by Gasteiger charge is 2.14. The first-order chi connectivity index (χ1) is 11.8. The SMILES string of the molecule is CCCCCSc1c(Nc2ccccc2)[nH]n(CCCCC)c1=O. The maximum atomic E-state index is 12.7. The van der Waals surface area contributed by atoms with Gasteiger partial charge in [-0.2, -0.15) is 0 Å². The second-order valence-electron chi connectivity index (χ2n) is 6.03. The lowest BCUT2D eigenvalue weighted by atomic mass is 10.2. The van der Waals surface area contributed by atoms with Gasteiger partial charge in [-0.1, -0.05) is 57.7 Å². The molecule has 1 heterocycles. The number of aromatic nitrogens is 2. The molecule has 4 nitrogen and oxygen atoms in total. The van der Waals surface area contributed by atoms with Crippen molar-refractivity contribution in [2.24, 2.45) is 0 Å². The maximum Gasteiger partial charge on any atom is 0.282 e. The number of thioether (sulfide) groups is 1. The molecule has 0 saturated heterocycles. The fourth-order valence-corrected chi connectivity index (χ4v) is 3.58. The summed E-state index contributed by atoms with van der Waals surface area (Å²) < 4.78 is 1.75. The average molecular weight is 348 g/mol. The molecule has 0 saturated carbocycles. The molecule has 132 valence electrons. The molecule has 0 spiro atoms. The minimum atomic E-state index is 0.103. The van der Waals surface area contributed by atoms with E-state index in [1.807, 2.05) is 30.3 Å². The van der Waals surface area contributed by atoms with Gasteiger partial charge in [0, 0.05) is 12.2 Å². The Hall–Kier alpha value is -1.62. The van der Waals surface area contributed by atoms with E-state index >= 15 is 0 Å². The largest absolute Gasteiger partial charge is 0.340 e. The van der Waals surface area contributed by atoms with E-state index in [1.165, 1.54) is 12.8 Å². The third kappa shape index (κ3) is 5.48. The highest BCUT2D eigenvalue weighted by molar-refractivity contribution is 7.99. The summed E-state index contributed by atoms with van der Waals surface area (Å²) in [6.07, 6.45) is 6.89. The molecule has 2 aromatic rings. The zero-order valence-electron chi connectivity index (χ0n) is 14.8. The van der Waals surface area contributed by atoms with E-state index in [9.17, 15) is 4.79 Å². The van der Waals surface area contributed by atoms with Crippen molar-refractivity contribution >= 4 is 23.3 Å². The highest BCUT2D eigenvalue weighted by Crippen LogP contribution is 2.26. The van der Waals surface area contributed by atoms with Crippen molar-refractivity contribution < 1.29 is 0 Å². The number of benzene rings is 1. The Morgan fingerprint density at radius 1 is 1.04 bits per heavy atom. The van der Waals surface area contributed by atoms with E-state index in [1.54, 1.807) is 16.4 Å². The van der Waals surface area contributed by atoms with Gasteiger partial charge in [0.15, 0.2) is 0 Å². The van der Waals surface area contributed by atoms with Crippen LogP contribution >= 0.6 is 11.8 Å². The summed E-state index contributed by atoms with van der Waals surface area (Å²) in [5.41, 5.74) is 1.10. The summed E-state index contributed by atoms with van der Waals surface area (Å²) in [6, 6.07) is 10.0. The number of aromatic amines is 1. The molecule has 2 N–H and O–H groups in total. The van der Waals surface area contributed by atoms with Crippen LogP contribution in [0.1, 0.15) is 52.4 Å². The molecule has 1 aromatic carbocycles. The van der Waals surface area contributed by atoms with Crippen LogP contribution in [-0.4, -0.2) is 15.5 Å². The second-order valence-corrected chi connectivity index (χ2v) is 7.13. The van der Waals surface area contributed by atoms with Crippen LogP contribution < -0.4 is 10.9 Å². The fraction of sp³-hybridized carbons (Fsp3) is 0.526. The summed E-state index contributed by atoms with van der Waals surface area (Å²) in [5, 5.41) is 6.64. The summed E-state index contributed by atoms with van der Waals surface area (Å²) in [5.74, 6) is 1.81. The van der Waals surface area contributed by atoms with Crippen LogP contribution in [0, 0.1) is 0 Å². The molecule has 24 heavy (non-hydrogen) atoms. The third-order valence-corrected chi connectivity index (χ3v) is 5.10. The number of anilines is 2. The smallest absolute Gasteiger partial charge is 0.282 e. The summed E-state index contributed by atoms with van der Waals surface area (Å²) in [6.45, 7) is 5.13. The minimum Gasteiger partial charge on any atom is -0.340 e. The molecule has 5 heteroatoms. The molecule has 0 unspecified atom stereocenters. The van der Waals surface area contributed by atoms with Crippen LogP contribution in [0.2, 0.25) is 0 Å². The lowest BCUT2D eigenvalue weighted by Crippen LogP contribution is -2.17. The lowest BCUT2D eigenvalue weighted by molar-refractivity contribution is 0.540. The molecule has 2 rings (SSSR count). The highest BCUT2D eigenvalue weighted by atomic mass is 32.2. The Labute approximate surface area is 149 Å². The number of hydrogen-bond acceptors (Lipinski definition) is 3. The van der Waals surface area contributed by atoms with Crippen molar-refractivity contribution in [3.63, 3.8) is 0 Å². The quantitative estimate of drug-likeness (QED) is 0.423. The summed E-state index contributed by atoms with van der Waals surface area (Å²) in [7, 11) is 0. The molecule has 1 aromatic heterocycles. The zero-order chi connectivity index (χ0) is 17.2. The number of unbranched alkanes of at least 4 members (excludes halogenated alkanes) is 4. The van der Waals surface area contributed by atoms with Crippen molar-refractivity contribution in [2.45, 2.75) is 63.8 Å². The van der Waals surface area contributed by atoms with Gasteiger partial charge in [0.1, 0.15) is 10.7 Å². The van der Waals surface area contributed by atoms with E-state index in [2.05, 4.69) is 24.3 Å². The monoisotopic (exact) mass is 347 g/mol. The molecule has 0 aliphatic heterocycles. The Balaban J connectivity index is 2.15. The fourth-order valence-electron chi connectivity index (χ4n) is 2.55. The average Bonchev–Trinajstić information content (AvgIpc) is 2.88. The summed E-state index contributed by atoms with van der Waals surface area (Å²) in [4.78, 5) is 13.5. The molecule has 0 bridgehead atoms. The van der Waals surface area contributed by atoms with Crippen LogP contribution in [0.3, 0.4) is 0 Å². The van der Waals surface area contributed by atoms with Gasteiger partial charge in [0.2, 0.25) is 0 Å². The van der Waals surface area contributed by atoms with Gasteiger partial charge in [0.25, 0.3) is 5.56 Å². The van der Waals surface area contributed by atoms with E-state index < -0.39 is 0 Å². The zero-order valence-corrected chi connectivity index (χ0v) is 15.6. The van der Waals surface area contributed by atoms with Crippen LogP contribution in [0.25, 0.3) is 0 Å². The Morgan fingerprint density at radius 2 is 1.75 bits per heavy atom. The molecule has 0 radical (unpaired) electrons. The van der Waals surface area contributed by atoms with Crippen LogP contribution in [0.5, 0.6) is 0 Å². The maximum absolute atomic E-state index is 12.7. The van der Waals surface area contributed by atoms with Crippen molar-refractivity contribution in [3.8, 4) is 0 Å². The third-order valence-electron chi connectivity index (χ3n) is 3.94. The lowest BCUT2D eigenvalue weighted by Gasteiger charge is -2.06. The second kappa shape index (κ2) is 10.3. The van der Waals surface area contributed by atoms with Gasteiger partial charge < -0.3 is 5.32 Å². The predicted molar refractivity (Wildman–Crippen MR) is 105 cm³/mol. The van der Waals surface area contributed by atoms with Gasteiger partial charge in [0.05, 0.1) is 0 Å². The minimum absolute atomic E-state index is 0.103. The van der Waals surface area contributed by atoms with Crippen molar-refractivity contribution in [1.82, 2.24) is 9.78 Å². The van der Waals surface area contributed by atoms with E-state index in [0.29, 0.717) is 0 Å². The van der Waals surface area contributed by atoms with Gasteiger partial charge in [-0.3, -0.25) is 14.6 Å². The van der Waals surface area contributed by atoms with Crippen molar-refractivity contribution in [1.29, 1.82) is 0 Å².